The molecule has 0 spiro atoms. The van der Waals surface area contributed by atoms with Crippen molar-refractivity contribution in [3.63, 3.8) is 0 Å². The van der Waals surface area contributed by atoms with Crippen LogP contribution in [0.2, 0.25) is 0 Å². The van der Waals surface area contributed by atoms with E-state index in [9.17, 15) is 22.8 Å². The number of hydrogen-bond donors (Lipinski definition) is 2. The molecule has 0 fully saturated rings. The first-order chi connectivity index (χ1) is 19.1. The van der Waals surface area contributed by atoms with Crippen molar-refractivity contribution in [1.82, 2.24) is 9.88 Å². The first-order valence-corrected chi connectivity index (χ1v) is 12.6. The maximum Gasteiger partial charge on any atom is 0.416 e. The molecule has 0 atom stereocenters. The van der Waals surface area contributed by atoms with Gasteiger partial charge < -0.3 is 15.0 Å². The van der Waals surface area contributed by atoms with Crippen molar-refractivity contribution in [2.45, 2.75) is 26.2 Å². The maximum atomic E-state index is 13.6. The highest BCUT2D eigenvalue weighted by Crippen LogP contribution is 2.32. The van der Waals surface area contributed by atoms with Crippen LogP contribution >= 0.6 is 0 Å². The number of aryl methyl sites for hydroxylation is 1. The quantitative estimate of drug-likeness (QED) is 0.227. The van der Waals surface area contributed by atoms with Gasteiger partial charge in [0.05, 0.1) is 22.2 Å². The third-order valence-electron chi connectivity index (χ3n) is 6.85. The summed E-state index contributed by atoms with van der Waals surface area (Å²) in [4.78, 5) is 24.7. The molecular formula is C32H25F3N2O3. The van der Waals surface area contributed by atoms with Crippen molar-refractivity contribution in [2.75, 3.05) is 0 Å². The van der Waals surface area contributed by atoms with Crippen LogP contribution < -0.4 is 5.32 Å². The predicted octanol–water partition coefficient (Wildman–Crippen LogP) is 7.31. The third kappa shape index (κ3) is 5.61. The van der Waals surface area contributed by atoms with E-state index in [0.717, 1.165) is 39.8 Å². The van der Waals surface area contributed by atoms with Crippen molar-refractivity contribution >= 4 is 22.8 Å². The van der Waals surface area contributed by atoms with Crippen LogP contribution in [0, 0.1) is 6.92 Å². The van der Waals surface area contributed by atoms with Crippen LogP contribution in [0.25, 0.3) is 22.0 Å². The topological polar surface area (TPSA) is 71.3 Å². The zero-order chi connectivity index (χ0) is 28.4. The van der Waals surface area contributed by atoms with E-state index in [4.69, 9.17) is 5.11 Å². The number of nitrogens with one attached hydrogen (secondary N) is 1. The standard InChI is InChI=1S/C32H25F3N2O3/c1-20-4-2-3-5-27(20)25-16-24-14-15-37(19-22-8-12-26(13-9-22)32(33,34)35)29(24)28(17-25)30(38)36-18-21-6-10-23(11-7-21)31(39)40/h2-17H,18-19H2,1H3,(H,36,38)(H,39,40). The Hall–Kier alpha value is -4.85. The van der Waals surface area contributed by atoms with E-state index in [0.29, 0.717) is 16.6 Å². The Morgan fingerprint density at radius 1 is 0.875 bits per heavy atom. The molecule has 202 valence electrons. The summed E-state index contributed by atoms with van der Waals surface area (Å²) in [6.07, 6.45) is -2.59. The summed E-state index contributed by atoms with van der Waals surface area (Å²) in [5.74, 6) is -1.35. The second-order valence-electron chi connectivity index (χ2n) is 9.60. The molecule has 0 bridgehead atoms. The molecule has 0 aliphatic rings. The number of aromatic carboxylic acids is 1. The normalized spacial score (nSPS) is 11.5. The number of fused-ring (bicyclic) bond motifs is 1. The van der Waals surface area contributed by atoms with Gasteiger partial charge >= 0.3 is 12.1 Å². The van der Waals surface area contributed by atoms with Crippen LogP contribution in [0.5, 0.6) is 0 Å². The number of carbonyl (C=O) groups excluding carboxylic acids is 1. The average molecular weight is 543 g/mol. The van der Waals surface area contributed by atoms with Crippen LogP contribution in [0.15, 0.2) is 97.2 Å². The lowest BCUT2D eigenvalue weighted by atomic mass is 9.96. The second kappa shape index (κ2) is 10.7. The second-order valence-corrected chi connectivity index (χ2v) is 9.60. The van der Waals surface area contributed by atoms with Gasteiger partial charge in [-0.25, -0.2) is 4.79 Å². The van der Waals surface area contributed by atoms with Crippen LogP contribution in [0.4, 0.5) is 13.2 Å². The number of amides is 1. The largest absolute Gasteiger partial charge is 0.478 e. The van der Waals surface area contributed by atoms with E-state index in [1.54, 1.807) is 12.1 Å². The van der Waals surface area contributed by atoms with Gasteiger partial charge in [0, 0.05) is 24.7 Å². The van der Waals surface area contributed by atoms with E-state index >= 15 is 0 Å². The van der Waals surface area contributed by atoms with Crippen molar-refractivity contribution in [2.24, 2.45) is 0 Å². The number of benzene rings is 4. The molecule has 1 heterocycles. The Bertz CT molecular complexity index is 1700. The van der Waals surface area contributed by atoms with Crippen LogP contribution in [-0.2, 0) is 19.3 Å². The average Bonchev–Trinajstić information content (AvgIpc) is 3.34. The first kappa shape index (κ1) is 26.7. The molecule has 0 aliphatic carbocycles. The Kier molecular flexibility index (Phi) is 7.17. The van der Waals surface area contributed by atoms with Crippen molar-refractivity contribution < 1.29 is 27.9 Å². The highest BCUT2D eigenvalue weighted by molar-refractivity contribution is 6.08. The van der Waals surface area contributed by atoms with Crippen LogP contribution in [0.1, 0.15) is 43.0 Å². The van der Waals surface area contributed by atoms with Gasteiger partial charge in [-0.1, -0.05) is 48.5 Å². The first-order valence-electron chi connectivity index (χ1n) is 12.6. The van der Waals surface area contributed by atoms with E-state index in [2.05, 4.69) is 5.32 Å². The minimum Gasteiger partial charge on any atom is -0.478 e. The van der Waals surface area contributed by atoms with Crippen molar-refractivity contribution in [3.8, 4) is 11.1 Å². The molecule has 4 aromatic carbocycles. The lowest BCUT2D eigenvalue weighted by molar-refractivity contribution is -0.137. The number of rotatable bonds is 7. The van der Waals surface area contributed by atoms with Crippen molar-refractivity contribution in [3.05, 3.63) is 131 Å². The molecule has 8 heteroatoms. The van der Waals surface area contributed by atoms with E-state index in [1.807, 2.05) is 60.2 Å². The molecule has 5 rings (SSSR count). The molecule has 0 saturated carbocycles. The Labute approximate surface area is 228 Å². The molecule has 0 aliphatic heterocycles. The number of nitrogens with zero attached hydrogens (tertiary/aromatic N) is 1. The summed E-state index contributed by atoms with van der Waals surface area (Å²) in [6, 6.07) is 24.8. The fourth-order valence-corrected chi connectivity index (χ4v) is 4.75. The fourth-order valence-electron chi connectivity index (χ4n) is 4.75. The number of carboxylic acids is 1. The predicted molar refractivity (Wildman–Crippen MR) is 147 cm³/mol. The smallest absolute Gasteiger partial charge is 0.416 e. The van der Waals surface area contributed by atoms with Gasteiger partial charge in [0.25, 0.3) is 5.91 Å². The minimum absolute atomic E-state index is 0.156. The molecule has 40 heavy (non-hydrogen) atoms. The Morgan fingerprint density at radius 3 is 2.20 bits per heavy atom. The fraction of sp³-hybridized carbons (Fsp3) is 0.125. The van der Waals surface area contributed by atoms with Gasteiger partial charge in [-0.2, -0.15) is 13.2 Å². The molecular weight excluding hydrogens is 517 g/mol. The van der Waals surface area contributed by atoms with Crippen molar-refractivity contribution in [1.29, 1.82) is 0 Å². The van der Waals surface area contributed by atoms with Gasteiger partial charge in [0.1, 0.15) is 0 Å². The summed E-state index contributed by atoms with van der Waals surface area (Å²) >= 11 is 0. The number of alkyl halides is 3. The highest BCUT2D eigenvalue weighted by Gasteiger charge is 2.30. The van der Waals surface area contributed by atoms with Gasteiger partial charge in [0.2, 0.25) is 0 Å². The number of hydrogen-bond acceptors (Lipinski definition) is 2. The lowest BCUT2D eigenvalue weighted by Gasteiger charge is -2.14. The van der Waals surface area contributed by atoms with Gasteiger partial charge in [-0.3, -0.25) is 4.79 Å². The molecule has 1 aromatic heterocycles. The summed E-state index contributed by atoms with van der Waals surface area (Å²) in [7, 11) is 0. The van der Waals surface area contributed by atoms with E-state index in [-0.39, 0.29) is 24.6 Å². The molecule has 5 nitrogen and oxygen atoms in total. The zero-order valence-corrected chi connectivity index (χ0v) is 21.5. The third-order valence-corrected chi connectivity index (χ3v) is 6.85. The van der Waals surface area contributed by atoms with Gasteiger partial charge in [-0.15, -0.1) is 0 Å². The lowest BCUT2D eigenvalue weighted by Crippen LogP contribution is -2.23. The molecule has 2 N–H and O–H groups in total. The number of halogens is 3. The molecule has 5 aromatic rings. The zero-order valence-electron chi connectivity index (χ0n) is 21.5. The summed E-state index contributed by atoms with van der Waals surface area (Å²) in [5.41, 5.74) is 4.84. The van der Waals surface area contributed by atoms with E-state index < -0.39 is 17.7 Å². The molecule has 1 amide bonds. The summed E-state index contributed by atoms with van der Waals surface area (Å²) in [5, 5.41) is 12.9. The van der Waals surface area contributed by atoms with Gasteiger partial charge in [0.15, 0.2) is 0 Å². The van der Waals surface area contributed by atoms with E-state index in [1.165, 1.54) is 24.3 Å². The summed E-state index contributed by atoms with van der Waals surface area (Å²) in [6.45, 7) is 2.46. The number of carbonyl (C=O) groups is 2. The monoisotopic (exact) mass is 542 g/mol. The number of carboxylic acid groups (broad SMARTS) is 1. The van der Waals surface area contributed by atoms with Crippen LogP contribution in [-0.4, -0.2) is 21.6 Å². The Morgan fingerprint density at radius 2 is 1.55 bits per heavy atom. The minimum atomic E-state index is -4.41. The Balaban J connectivity index is 1.51. The van der Waals surface area contributed by atoms with Crippen LogP contribution in [0.3, 0.4) is 0 Å². The molecule has 0 saturated heterocycles. The number of aromatic nitrogens is 1. The highest BCUT2D eigenvalue weighted by atomic mass is 19.4. The van der Waals surface area contributed by atoms with Gasteiger partial charge in [-0.05, 0) is 77.2 Å². The molecule has 0 unspecified atom stereocenters. The SMILES string of the molecule is Cc1ccccc1-c1cc(C(=O)NCc2ccc(C(=O)O)cc2)c2c(ccn2Cc2ccc(C(F)(F)F)cc2)c1. The molecule has 0 radical (unpaired) electrons. The summed E-state index contributed by atoms with van der Waals surface area (Å²) < 4.78 is 40.9. The maximum absolute atomic E-state index is 13.6.